The largest absolute Gasteiger partial charge is 0.504 e. The van der Waals surface area contributed by atoms with E-state index in [2.05, 4.69) is 0 Å². The molecular weight excluding hydrogens is 450 g/mol. The van der Waals surface area contributed by atoms with Gasteiger partial charge in [0.15, 0.2) is 28.6 Å². The highest BCUT2D eigenvalue weighted by Crippen LogP contribution is 2.49. The number of phenols is 3. The number of benzene rings is 3. The first-order chi connectivity index (χ1) is 16.2. The molecule has 34 heavy (non-hydrogen) atoms. The van der Waals surface area contributed by atoms with Gasteiger partial charge >= 0.3 is 5.97 Å². The number of esters is 1. The van der Waals surface area contributed by atoms with Crippen molar-refractivity contribution in [2.45, 2.75) is 12.3 Å². The van der Waals surface area contributed by atoms with Crippen LogP contribution in [0, 0.1) is 11.6 Å². The van der Waals surface area contributed by atoms with E-state index in [9.17, 15) is 33.7 Å². The van der Waals surface area contributed by atoms with Gasteiger partial charge in [-0.1, -0.05) is 36.4 Å². The standard InChI is InChI=1S/C25H18F2O7/c1-33-19(29)10-14(13-7-8-15(26)16(27)9-13)20-22(30)24(32)23(31)21-17(28)11-18(34-25(20)21)12-5-3-2-4-6-12/h2-9,11,14,30-32H,10H2,1H3. The van der Waals surface area contributed by atoms with Crippen LogP contribution < -0.4 is 5.43 Å². The second-order valence-electron chi connectivity index (χ2n) is 7.51. The highest BCUT2D eigenvalue weighted by molar-refractivity contribution is 5.93. The number of hydrogen-bond acceptors (Lipinski definition) is 7. The fraction of sp³-hybridized carbons (Fsp3) is 0.120. The van der Waals surface area contributed by atoms with Gasteiger partial charge in [0, 0.05) is 23.1 Å². The lowest BCUT2D eigenvalue weighted by Crippen LogP contribution is -2.13. The maximum atomic E-state index is 14.1. The molecule has 0 aliphatic rings. The van der Waals surface area contributed by atoms with Crippen LogP contribution in [0.15, 0.2) is 63.8 Å². The molecule has 3 aromatic carbocycles. The zero-order chi connectivity index (χ0) is 24.6. The van der Waals surface area contributed by atoms with Crippen LogP contribution in [0.5, 0.6) is 17.2 Å². The van der Waals surface area contributed by atoms with Gasteiger partial charge in [-0.2, -0.15) is 0 Å². The van der Waals surface area contributed by atoms with Crippen LogP contribution in [0.1, 0.15) is 23.5 Å². The van der Waals surface area contributed by atoms with Crippen molar-refractivity contribution in [1.29, 1.82) is 0 Å². The van der Waals surface area contributed by atoms with E-state index in [1.807, 2.05) is 0 Å². The third-order valence-corrected chi connectivity index (χ3v) is 5.48. The quantitative estimate of drug-likeness (QED) is 0.291. The van der Waals surface area contributed by atoms with E-state index >= 15 is 0 Å². The van der Waals surface area contributed by atoms with E-state index in [1.54, 1.807) is 30.3 Å². The molecule has 3 N–H and O–H groups in total. The van der Waals surface area contributed by atoms with Gasteiger partial charge in [-0.05, 0) is 17.7 Å². The fourth-order valence-electron chi connectivity index (χ4n) is 3.81. The molecule has 0 fully saturated rings. The molecule has 0 saturated carbocycles. The number of fused-ring (bicyclic) bond motifs is 1. The van der Waals surface area contributed by atoms with Gasteiger partial charge in [0.2, 0.25) is 5.75 Å². The van der Waals surface area contributed by atoms with Gasteiger partial charge in [-0.3, -0.25) is 9.59 Å². The lowest BCUT2D eigenvalue weighted by Gasteiger charge is -2.21. The summed E-state index contributed by atoms with van der Waals surface area (Å²) in [5.41, 5.74) is -0.832. The maximum absolute atomic E-state index is 14.1. The monoisotopic (exact) mass is 468 g/mol. The smallest absolute Gasteiger partial charge is 0.306 e. The van der Waals surface area contributed by atoms with Gasteiger partial charge in [0.1, 0.15) is 16.7 Å². The summed E-state index contributed by atoms with van der Waals surface area (Å²) in [5, 5.41) is 31.1. The molecule has 174 valence electrons. The molecule has 0 aliphatic heterocycles. The third kappa shape index (κ3) is 3.92. The predicted molar refractivity (Wildman–Crippen MR) is 118 cm³/mol. The van der Waals surface area contributed by atoms with E-state index in [1.165, 1.54) is 6.07 Å². The van der Waals surface area contributed by atoms with E-state index in [4.69, 9.17) is 9.15 Å². The molecule has 0 radical (unpaired) electrons. The van der Waals surface area contributed by atoms with Crippen molar-refractivity contribution in [3.8, 4) is 28.6 Å². The number of methoxy groups -OCH3 is 1. The Hall–Kier alpha value is -4.40. The Balaban J connectivity index is 2.10. The Morgan fingerprint density at radius 1 is 0.971 bits per heavy atom. The highest BCUT2D eigenvalue weighted by Gasteiger charge is 2.31. The Kier molecular flexibility index (Phi) is 5.93. The Morgan fingerprint density at radius 3 is 2.32 bits per heavy atom. The first-order valence-electron chi connectivity index (χ1n) is 10.0. The van der Waals surface area contributed by atoms with Gasteiger partial charge < -0.3 is 24.5 Å². The maximum Gasteiger partial charge on any atom is 0.306 e. The third-order valence-electron chi connectivity index (χ3n) is 5.48. The van der Waals surface area contributed by atoms with Gasteiger partial charge in [0.25, 0.3) is 0 Å². The molecule has 4 aromatic rings. The van der Waals surface area contributed by atoms with Crippen LogP contribution in [0.4, 0.5) is 8.78 Å². The molecule has 1 unspecified atom stereocenters. The molecule has 0 aliphatic carbocycles. The summed E-state index contributed by atoms with van der Waals surface area (Å²) >= 11 is 0. The van der Waals surface area contributed by atoms with Crippen LogP contribution >= 0.6 is 0 Å². The second kappa shape index (κ2) is 8.86. The number of hydrogen-bond donors (Lipinski definition) is 3. The van der Waals surface area contributed by atoms with Crippen molar-refractivity contribution < 1.29 is 38.0 Å². The van der Waals surface area contributed by atoms with Crippen molar-refractivity contribution in [3.63, 3.8) is 0 Å². The number of halogens is 2. The van der Waals surface area contributed by atoms with E-state index in [-0.39, 0.29) is 22.5 Å². The zero-order valence-electron chi connectivity index (χ0n) is 17.7. The molecule has 9 heteroatoms. The fourth-order valence-corrected chi connectivity index (χ4v) is 3.81. The molecular formula is C25H18F2O7. The molecule has 1 atom stereocenters. The second-order valence-corrected chi connectivity index (χ2v) is 7.51. The minimum absolute atomic E-state index is 0.0266. The van der Waals surface area contributed by atoms with Gasteiger partial charge in [0.05, 0.1) is 13.5 Å². The molecule has 0 spiro atoms. The summed E-state index contributed by atoms with van der Waals surface area (Å²) in [6.07, 6.45) is -0.492. The van der Waals surface area contributed by atoms with Crippen molar-refractivity contribution in [2.24, 2.45) is 0 Å². The minimum Gasteiger partial charge on any atom is -0.504 e. The first-order valence-corrected chi connectivity index (χ1v) is 10.0. The average Bonchev–Trinajstić information content (AvgIpc) is 2.83. The minimum atomic E-state index is -1.24. The summed E-state index contributed by atoms with van der Waals surface area (Å²) in [7, 11) is 1.12. The normalized spacial score (nSPS) is 12.0. The van der Waals surface area contributed by atoms with E-state index in [0.29, 0.717) is 5.56 Å². The Labute approximate surface area is 191 Å². The molecule has 0 amide bonds. The summed E-state index contributed by atoms with van der Waals surface area (Å²) < 4.78 is 38.3. The number of ether oxygens (including phenoxy) is 1. The number of aromatic hydroxyl groups is 3. The SMILES string of the molecule is COC(=O)CC(c1ccc(F)c(F)c1)c1c(O)c(O)c(O)c2c(=O)cc(-c3ccccc3)oc12. The number of phenolic OH excluding ortho intramolecular Hbond substituents is 3. The van der Waals surface area contributed by atoms with Crippen LogP contribution in [-0.4, -0.2) is 28.4 Å². The average molecular weight is 468 g/mol. The number of rotatable bonds is 5. The molecule has 4 rings (SSSR count). The molecule has 0 bridgehead atoms. The van der Waals surface area contributed by atoms with E-state index in [0.717, 1.165) is 25.3 Å². The Morgan fingerprint density at radius 2 is 1.68 bits per heavy atom. The summed E-state index contributed by atoms with van der Waals surface area (Å²) in [6, 6.07) is 12.4. The van der Waals surface area contributed by atoms with Crippen LogP contribution in [0.25, 0.3) is 22.3 Å². The zero-order valence-corrected chi connectivity index (χ0v) is 17.7. The molecule has 7 nitrogen and oxygen atoms in total. The van der Waals surface area contributed by atoms with Crippen LogP contribution in [0.2, 0.25) is 0 Å². The number of carbonyl (C=O) groups excluding carboxylic acids is 1. The van der Waals surface area contributed by atoms with Crippen molar-refractivity contribution in [1.82, 2.24) is 0 Å². The van der Waals surface area contributed by atoms with Crippen molar-refractivity contribution in [3.05, 3.63) is 87.6 Å². The highest BCUT2D eigenvalue weighted by atomic mass is 19.2. The molecule has 1 aromatic heterocycles. The van der Waals surface area contributed by atoms with Crippen molar-refractivity contribution in [2.75, 3.05) is 7.11 Å². The van der Waals surface area contributed by atoms with Crippen LogP contribution in [0.3, 0.4) is 0 Å². The molecule has 0 saturated heterocycles. The first kappa shape index (κ1) is 22.8. The summed E-state index contributed by atoms with van der Waals surface area (Å²) in [5.74, 6) is -7.15. The lowest BCUT2D eigenvalue weighted by atomic mass is 9.86. The van der Waals surface area contributed by atoms with Crippen LogP contribution in [-0.2, 0) is 9.53 Å². The summed E-state index contributed by atoms with van der Waals surface area (Å²) in [4.78, 5) is 25.1. The number of carbonyl (C=O) groups is 1. The van der Waals surface area contributed by atoms with Gasteiger partial charge in [-0.25, -0.2) is 8.78 Å². The lowest BCUT2D eigenvalue weighted by molar-refractivity contribution is -0.140. The van der Waals surface area contributed by atoms with E-state index < -0.39 is 58.0 Å². The molecule has 1 heterocycles. The topological polar surface area (TPSA) is 117 Å². The van der Waals surface area contributed by atoms with Gasteiger partial charge in [-0.15, -0.1) is 0 Å². The predicted octanol–water partition coefficient (Wildman–Crippen LogP) is 4.55. The summed E-state index contributed by atoms with van der Waals surface area (Å²) in [6.45, 7) is 0. The van der Waals surface area contributed by atoms with Crippen molar-refractivity contribution >= 4 is 16.9 Å². The Bertz CT molecular complexity index is 1460.